The molecular weight excluding hydrogens is 585 g/mol. The number of ether oxygens (including phenoxy) is 1. The van der Waals surface area contributed by atoms with Crippen LogP contribution in [0.2, 0.25) is 0 Å². The maximum atomic E-state index is 13.8. The minimum Gasteiger partial charge on any atom is -0.457 e. The molecule has 0 spiro atoms. The second-order valence-electron chi connectivity index (χ2n) is 8.02. The van der Waals surface area contributed by atoms with Crippen LogP contribution in [0, 0.1) is 10.1 Å². The number of alkyl halides is 3. The number of amides is 1. The first kappa shape index (κ1) is 25.8. The number of non-ortho nitro benzene ring substituents is 1. The molecule has 10 nitrogen and oxygen atoms in total. The van der Waals surface area contributed by atoms with E-state index in [1.807, 2.05) is 0 Å². The Morgan fingerprint density at radius 2 is 1.69 bits per heavy atom. The third-order valence-electron chi connectivity index (χ3n) is 5.28. The highest BCUT2D eigenvalue weighted by molar-refractivity contribution is 9.10. The summed E-state index contributed by atoms with van der Waals surface area (Å²) >= 11 is 3.29. The van der Waals surface area contributed by atoms with Crippen molar-refractivity contribution in [1.82, 2.24) is 19.6 Å². The number of nitrogens with one attached hydrogen (secondary N) is 1. The number of nitro benzene ring substituents is 1. The Labute approximate surface area is 225 Å². The molecular formula is C25H14BrF3N6O4. The Kier molecular flexibility index (Phi) is 6.70. The highest BCUT2D eigenvalue weighted by atomic mass is 79.9. The molecule has 14 heteroatoms. The van der Waals surface area contributed by atoms with Gasteiger partial charge in [-0.3, -0.25) is 14.9 Å². The molecule has 196 valence electrons. The van der Waals surface area contributed by atoms with Crippen molar-refractivity contribution in [2.24, 2.45) is 0 Å². The minimum atomic E-state index is -4.83. The van der Waals surface area contributed by atoms with Crippen LogP contribution in [0.3, 0.4) is 0 Å². The van der Waals surface area contributed by atoms with E-state index < -0.39 is 40.0 Å². The van der Waals surface area contributed by atoms with Gasteiger partial charge in [0.15, 0.2) is 5.69 Å². The van der Waals surface area contributed by atoms with Crippen LogP contribution in [0.1, 0.15) is 16.3 Å². The van der Waals surface area contributed by atoms with Gasteiger partial charge in [-0.05, 0) is 30.3 Å². The second kappa shape index (κ2) is 10.1. The number of halogens is 4. The van der Waals surface area contributed by atoms with Crippen LogP contribution >= 0.6 is 15.9 Å². The number of nitrogens with zero attached hydrogens (tertiary/aromatic N) is 5. The second-order valence-corrected chi connectivity index (χ2v) is 8.94. The Morgan fingerprint density at radius 3 is 2.36 bits per heavy atom. The fraction of sp³-hybridized carbons (Fsp3) is 0.0400. The molecule has 3 aromatic carbocycles. The van der Waals surface area contributed by atoms with Gasteiger partial charge in [0.25, 0.3) is 17.4 Å². The van der Waals surface area contributed by atoms with E-state index in [1.165, 1.54) is 6.07 Å². The van der Waals surface area contributed by atoms with Crippen molar-refractivity contribution in [3.05, 3.63) is 105 Å². The number of hydrogen-bond donors (Lipinski definition) is 1. The van der Waals surface area contributed by atoms with Gasteiger partial charge in [0.2, 0.25) is 5.82 Å². The number of hydrogen-bond acceptors (Lipinski definition) is 7. The zero-order valence-electron chi connectivity index (χ0n) is 19.4. The fourth-order valence-electron chi connectivity index (χ4n) is 3.57. The van der Waals surface area contributed by atoms with Gasteiger partial charge in [0.05, 0.1) is 22.4 Å². The van der Waals surface area contributed by atoms with Crippen LogP contribution < -0.4 is 10.1 Å². The molecule has 0 saturated carbocycles. The molecule has 0 atom stereocenters. The highest BCUT2D eigenvalue weighted by Crippen LogP contribution is 2.33. The summed E-state index contributed by atoms with van der Waals surface area (Å²) in [7, 11) is 0. The lowest BCUT2D eigenvalue weighted by Crippen LogP contribution is -2.16. The zero-order valence-corrected chi connectivity index (χ0v) is 21.0. The molecule has 5 rings (SSSR count). The first-order valence-electron chi connectivity index (χ1n) is 11.0. The summed E-state index contributed by atoms with van der Waals surface area (Å²) in [4.78, 5) is 31.7. The van der Waals surface area contributed by atoms with Gasteiger partial charge in [-0.1, -0.05) is 46.3 Å². The van der Waals surface area contributed by atoms with E-state index >= 15 is 0 Å². The normalized spacial score (nSPS) is 11.4. The Hall–Kier alpha value is -4.85. The summed E-state index contributed by atoms with van der Waals surface area (Å²) in [5.74, 6) is -1.67. The van der Waals surface area contributed by atoms with Gasteiger partial charge in [-0.15, -0.1) is 5.10 Å². The number of rotatable bonds is 6. The standard InChI is InChI=1S/C25H14BrF3N6O4/c26-15-6-8-18(9-7-15)39-19-11-16(10-17(12-19)35(37)38)30-23(36)22-32-24-31-20(14-4-2-1-3-5-14)13-21(25(27,28)29)34(24)33-22/h1-13H,(H,30,36). The van der Waals surface area contributed by atoms with E-state index in [1.54, 1.807) is 54.6 Å². The van der Waals surface area contributed by atoms with E-state index in [9.17, 15) is 28.1 Å². The van der Waals surface area contributed by atoms with Gasteiger partial charge < -0.3 is 10.1 Å². The Balaban J connectivity index is 1.49. The monoisotopic (exact) mass is 598 g/mol. The van der Waals surface area contributed by atoms with E-state index in [4.69, 9.17) is 4.74 Å². The van der Waals surface area contributed by atoms with E-state index in [2.05, 4.69) is 36.3 Å². The van der Waals surface area contributed by atoms with E-state index in [0.29, 0.717) is 15.8 Å². The number of carbonyl (C=O) groups excluding carboxylic acids is 1. The summed E-state index contributed by atoms with van der Waals surface area (Å²) < 4.78 is 48.4. The summed E-state index contributed by atoms with van der Waals surface area (Å²) in [6.45, 7) is 0. The van der Waals surface area contributed by atoms with Crippen LogP contribution in [-0.4, -0.2) is 30.4 Å². The SMILES string of the molecule is O=C(Nc1cc(Oc2ccc(Br)cc2)cc([N+](=O)[O-])c1)c1nc2nc(-c3ccccc3)cc(C(F)(F)F)n2n1. The summed E-state index contributed by atoms with van der Waals surface area (Å²) in [6, 6.07) is 19.2. The lowest BCUT2D eigenvalue weighted by Gasteiger charge is -2.10. The molecule has 0 bridgehead atoms. The highest BCUT2D eigenvalue weighted by Gasteiger charge is 2.36. The minimum absolute atomic E-state index is 0.0109. The number of anilines is 1. The van der Waals surface area contributed by atoms with Gasteiger partial charge in [-0.2, -0.15) is 22.7 Å². The smallest absolute Gasteiger partial charge is 0.433 e. The third-order valence-corrected chi connectivity index (χ3v) is 5.81. The quantitative estimate of drug-likeness (QED) is 0.174. The van der Waals surface area contributed by atoms with Gasteiger partial charge in [0.1, 0.15) is 11.5 Å². The molecule has 0 unspecified atom stereocenters. The van der Waals surface area contributed by atoms with Gasteiger partial charge in [-0.25, -0.2) is 4.98 Å². The van der Waals surface area contributed by atoms with Crippen molar-refractivity contribution in [3.8, 4) is 22.8 Å². The maximum Gasteiger partial charge on any atom is 0.433 e. The molecule has 39 heavy (non-hydrogen) atoms. The Morgan fingerprint density at radius 1 is 0.974 bits per heavy atom. The summed E-state index contributed by atoms with van der Waals surface area (Å²) in [6.07, 6.45) is -4.83. The molecule has 1 amide bonds. The summed E-state index contributed by atoms with van der Waals surface area (Å²) in [5.41, 5.74) is -1.23. The number of aromatic nitrogens is 4. The fourth-order valence-corrected chi connectivity index (χ4v) is 3.83. The lowest BCUT2D eigenvalue weighted by atomic mass is 10.1. The van der Waals surface area contributed by atoms with Crippen molar-refractivity contribution in [2.75, 3.05) is 5.32 Å². The van der Waals surface area contributed by atoms with Crippen molar-refractivity contribution in [1.29, 1.82) is 0 Å². The Bertz CT molecular complexity index is 1710. The number of benzene rings is 3. The average Bonchev–Trinajstić information content (AvgIpc) is 3.34. The number of fused-ring (bicyclic) bond motifs is 1. The molecule has 0 aliphatic heterocycles. The molecule has 2 heterocycles. The zero-order chi connectivity index (χ0) is 27.7. The topological polar surface area (TPSA) is 125 Å². The van der Waals surface area contributed by atoms with Crippen LogP contribution in [0.5, 0.6) is 11.5 Å². The molecule has 1 N–H and O–H groups in total. The first-order valence-corrected chi connectivity index (χ1v) is 11.8. The van der Waals surface area contributed by atoms with Gasteiger partial charge in [0, 0.05) is 22.2 Å². The summed E-state index contributed by atoms with van der Waals surface area (Å²) in [5, 5.41) is 17.5. The van der Waals surface area contributed by atoms with Crippen molar-refractivity contribution in [2.45, 2.75) is 6.18 Å². The first-order chi connectivity index (χ1) is 18.6. The average molecular weight is 599 g/mol. The van der Waals surface area contributed by atoms with Crippen molar-refractivity contribution < 1.29 is 27.6 Å². The van der Waals surface area contributed by atoms with Crippen LogP contribution in [0.4, 0.5) is 24.5 Å². The molecule has 0 fully saturated rings. The van der Waals surface area contributed by atoms with Crippen LogP contribution in [-0.2, 0) is 6.18 Å². The predicted molar refractivity (Wildman–Crippen MR) is 136 cm³/mol. The largest absolute Gasteiger partial charge is 0.457 e. The van der Waals surface area contributed by atoms with Crippen molar-refractivity contribution in [3.63, 3.8) is 0 Å². The van der Waals surface area contributed by atoms with Crippen molar-refractivity contribution >= 4 is 39.0 Å². The van der Waals surface area contributed by atoms with E-state index in [-0.39, 0.29) is 17.1 Å². The molecule has 0 radical (unpaired) electrons. The molecule has 2 aromatic heterocycles. The van der Waals surface area contributed by atoms with Crippen LogP contribution in [0.25, 0.3) is 17.0 Å². The number of nitro groups is 1. The van der Waals surface area contributed by atoms with Gasteiger partial charge >= 0.3 is 6.18 Å². The van der Waals surface area contributed by atoms with E-state index in [0.717, 1.165) is 22.7 Å². The third kappa shape index (κ3) is 5.70. The molecule has 0 aliphatic carbocycles. The van der Waals surface area contributed by atoms with Crippen LogP contribution in [0.15, 0.2) is 83.3 Å². The molecule has 0 aliphatic rings. The maximum absolute atomic E-state index is 13.8. The molecule has 0 saturated heterocycles. The molecule has 5 aromatic rings. The predicted octanol–water partition coefficient (Wildman–Crippen LogP) is 6.53. The lowest BCUT2D eigenvalue weighted by molar-refractivity contribution is -0.384. The number of carbonyl (C=O) groups is 1.